The van der Waals surface area contributed by atoms with Crippen molar-refractivity contribution < 1.29 is 9.53 Å². The molecule has 0 atom stereocenters. The van der Waals surface area contributed by atoms with E-state index >= 15 is 0 Å². The van der Waals surface area contributed by atoms with Gasteiger partial charge in [0.2, 0.25) is 0 Å². The standard InChI is InChI=1S/C14H18O2/c1-4-5-12-6-8-13(9-7-12)16-14(15)10-11(2)3/h4-9,11H,10H2,1-3H3/b5-4+. The molecule has 0 aliphatic heterocycles. The second kappa shape index (κ2) is 6.11. The fraction of sp³-hybridized carbons (Fsp3) is 0.357. The minimum absolute atomic E-state index is 0.172. The molecule has 0 N–H and O–H groups in total. The fourth-order valence-electron chi connectivity index (χ4n) is 1.35. The normalized spacial score (nSPS) is 11.0. The molecule has 1 aromatic carbocycles. The summed E-state index contributed by atoms with van der Waals surface area (Å²) in [6, 6.07) is 7.48. The summed E-state index contributed by atoms with van der Waals surface area (Å²) in [6.45, 7) is 5.96. The number of allylic oxidation sites excluding steroid dienone is 1. The highest BCUT2D eigenvalue weighted by atomic mass is 16.5. The van der Waals surface area contributed by atoms with E-state index in [4.69, 9.17) is 4.74 Å². The lowest BCUT2D eigenvalue weighted by Gasteiger charge is -2.06. The van der Waals surface area contributed by atoms with Gasteiger partial charge in [-0.2, -0.15) is 0 Å². The maximum Gasteiger partial charge on any atom is 0.311 e. The number of hydrogen-bond donors (Lipinski definition) is 0. The average molecular weight is 218 g/mol. The third-order valence-electron chi connectivity index (χ3n) is 2.05. The quantitative estimate of drug-likeness (QED) is 0.569. The Labute approximate surface area is 96.9 Å². The molecule has 0 radical (unpaired) electrons. The minimum atomic E-state index is -0.172. The summed E-state index contributed by atoms with van der Waals surface area (Å²) in [5, 5.41) is 0. The Hall–Kier alpha value is -1.57. The van der Waals surface area contributed by atoms with Crippen LogP contribution in [0.4, 0.5) is 0 Å². The van der Waals surface area contributed by atoms with Gasteiger partial charge in [-0.1, -0.05) is 38.1 Å². The van der Waals surface area contributed by atoms with E-state index < -0.39 is 0 Å². The van der Waals surface area contributed by atoms with Crippen LogP contribution >= 0.6 is 0 Å². The Morgan fingerprint density at radius 3 is 2.44 bits per heavy atom. The lowest BCUT2D eigenvalue weighted by Crippen LogP contribution is -2.10. The third kappa shape index (κ3) is 4.30. The highest BCUT2D eigenvalue weighted by molar-refractivity contribution is 5.72. The van der Waals surface area contributed by atoms with E-state index in [0.717, 1.165) is 5.56 Å². The molecule has 0 saturated carbocycles. The number of rotatable bonds is 4. The summed E-state index contributed by atoms with van der Waals surface area (Å²) in [7, 11) is 0. The van der Waals surface area contributed by atoms with Crippen molar-refractivity contribution in [3.63, 3.8) is 0 Å². The molecule has 0 bridgehead atoms. The Morgan fingerprint density at radius 2 is 1.94 bits per heavy atom. The van der Waals surface area contributed by atoms with Crippen LogP contribution in [0.3, 0.4) is 0 Å². The van der Waals surface area contributed by atoms with E-state index in [-0.39, 0.29) is 5.97 Å². The van der Waals surface area contributed by atoms with Crippen molar-refractivity contribution >= 4 is 12.0 Å². The van der Waals surface area contributed by atoms with E-state index in [1.54, 1.807) is 0 Å². The van der Waals surface area contributed by atoms with Crippen molar-refractivity contribution in [1.82, 2.24) is 0 Å². The molecule has 0 heterocycles. The predicted octanol–water partition coefficient (Wildman–Crippen LogP) is 3.67. The van der Waals surface area contributed by atoms with Crippen molar-refractivity contribution in [2.75, 3.05) is 0 Å². The molecule has 0 fully saturated rings. The smallest absolute Gasteiger partial charge is 0.311 e. The molecule has 86 valence electrons. The number of ether oxygens (including phenoxy) is 1. The summed E-state index contributed by atoms with van der Waals surface area (Å²) in [6.07, 6.45) is 4.43. The topological polar surface area (TPSA) is 26.3 Å². The lowest BCUT2D eigenvalue weighted by atomic mass is 10.1. The van der Waals surface area contributed by atoms with Gasteiger partial charge in [0, 0.05) is 6.42 Å². The average Bonchev–Trinajstić information content (AvgIpc) is 2.20. The largest absolute Gasteiger partial charge is 0.427 e. The van der Waals surface area contributed by atoms with E-state index in [2.05, 4.69) is 0 Å². The molecule has 2 heteroatoms. The Kier molecular flexibility index (Phi) is 4.77. The highest BCUT2D eigenvalue weighted by Crippen LogP contribution is 2.14. The molecular formula is C14H18O2. The Morgan fingerprint density at radius 1 is 1.31 bits per heavy atom. The summed E-state index contributed by atoms with van der Waals surface area (Å²) in [4.78, 5) is 11.4. The van der Waals surface area contributed by atoms with Crippen LogP contribution in [0.5, 0.6) is 5.75 Å². The second-order valence-corrected chi connectivity index (χ2v) is 4.14. The monoisotopic (exact) mass is 218 g/mol. The molecular weight excluding hydrogens is 200 g/mol. The summed E-state index contributed by atoms with van der Waals surface area (Å²) < 4.78 is 5.20. The van der Waals surface area contributed by atoms with Gasteiger partial charge < -0.3 is 4.74 Å². The predicted molar refractivity (Wildman–Crippen MR) is 66.2 cm³/mol. The number of hydrogen-bond acceptors (Lipinski definition) is 2. The SMILES string of the molecule is C/C=C/c1ccc(OC(=O)CC(C)C)cc1. The maximum absolute atomic E-state index is 11.4. The van der Waals surface area contributed by atoms with Crippen molar-refractivity contribution in [3.8, 4) is 5.75 Å². The zero-order valence-electron chi connectivity index (χ0n) is 10.1. The van der Waals surface area contributed by atoms with Crippen LogP contribution < -0.4 is 4.74 Å². The summed E-state index contributed by atoms with van der Waals surface area (Å²) in [5.41, 5.74) is 1.10. The van der Waals surface area contributed by atoms with Gasteiger partial charge in [-0.25, -0.2) is 0 Å². The van der Waals surface area contributed by atoms with Gasteiger partial charge in [-0.15, -0.1) is 0 Å². The van der Waals surface area contributed by atoms with Crippen LogP contribution in [0.2, 0.25) is 0 Å². The van der Waals surface area contributed by atoms with Crippen molar-refractivity contribution in [1.29, 1.82) is 0 Å². The number of esters is 1. The van der Waals surface area contributed by atoms with E-state index in [1.807, 2.05) is 57.2 Å². The van der Waals surface area contributed by atoms with Crippen molar-refractivity contribution in [3.05, 3.63) is 35.9 Å². The molecule has 2 nitrogen and oxygen atoms in total. The highest BCUT2D eigenvalue weighted by Gasteiger charge is 2.06. The van der Waals surface area contributed by atoms with E-state index in [1.165, 1.54) is 0 Å². The zero-order chi connectivity index (χ0) is 12.0. The van der Waals surface area contributed by atoms with Crippen LogP contribution in [-0.2, 0) is 4.79 Å². The van der Waals surface area contributed by atoms with Gasteiger partial charge in [0.25, 0.3) is 0 Å². The van der Waals surface area contributed by atoms with Gasteiger partial charge in [-0.05, 0) is 30.5 Å². The van der Waals surface area contributed by atoms with Crippen LogP contribution in [0.25, 0.3) is 6.08 Å². The molecule has 1 rings (SSSR count). The second-order valence-electron chi connectivity index (χ2n) is 4.14. The minimum Gasteiger partial charge on any atom is -0.427 e. The van der Waals surface area contributed by atoms with E-state index in [0.29, 0.717) is 18.1 Å². The molecule has 0 aromatic heterocycles. The molecule has 16 heavy (non-hydrogen) atoms. The molecule has 0 aliphatic rings. The Bertz CT molecular complexity index is 361. The molecule has 0 saturated heterocycles. The van der Waals surface area contributed by atoms with Gasteiger partial charge >= 0.3 is 5.97 Å². The molecule has 1 aromatic rings. The first-order chi connectivity index (χ1) is 7.61. The van der Waals surface area contributed by atoms with Crippen LogP contribution in [0, 0.1) is 5.92 Å². The van der Waals surface area contributed by atoms with Gasteiger partial charge in [0.1, 0.15) is 5.75 Å². The van der Waals surface area contributed by atoms with Crippen molar-refractivity contribution in [2.45, 2.75) is 27.2 Å². The zero-order valence-corrected chi connectivity index (χ0v) is 10.1. The Balaban J connectivity index is 2.58. The maximum atomic E-state index is 11.4. The van der Waals surface area contributed by atoms with Crippen LogP contribution in [0.1, 0.15) is 32.8 Å². The molecule has 0 unspecified atom stereocenters. The van der Waals surface area contributed by atoms with Gasteiger partial charge in [-0.3, -0.25) is 4.79 Å². The molecule has 0 amide bonds. The van der Waals surface area contributed by atoms with Crippen LogP contribution in [0.15, 0.2) is 30.3 Å². The van der Waals surface area contributed by atoms with E-state index in [9.17, 15) is 4.79 Å². The first-order valence-electron chi connectivity index (χ1n) is 5.55. The van der Waals surface area contributed by atoms with Gasteiger partial charge in [0.05, 0.1) is 0 Å². The number of carbonyl (C=O) groups is 1. The van der Waals surface area contributed by atoms with Gasteiger partial charge in [0.15, 0.2) is 0 Å². The number of carbonyl (C=O) groups excluding carboxylic acids is 1. The lowest BCUT2D eigenvalue weighted by molar-refractivity contribution is -0.135. The van der Waals surface area contributed by atoms with Crippen LogP contribution in [-0.4, -0.2) is 5.97 Å². The third-order valence-corrected chi connectivity index (χ3v) is 2.05. The molecule has 0 aliphatic carbocycles. The fourth-order valence-corrected chi connectivity index (χ4v) is 1.35. The first kappa shape index (κ1) is 12.5. The van der Waals surface area contributed by atoms with Crippen molar-refractivity contribution in [2.24, 2.45) is 5.92 Å². The first-order valence-corrected chi connectivity index (χ1v) is 5.55. The number of benzene rings is 1. The molecule has 0 spiro atoms. The summed E-state index contributed by atoms with van der Waals surface area (Å²) >= 11 is 0. The summed E-state index contributed by atoms with van der Waals surface area (Å²) in [5.74, 6) is 0.766.